The predicted octanol–water partition coefficient (Wildman–Crippen LogP) is 7.12. The summed E-state index contributed by atoms with van der Waals surface area (Å²) in [6.07, 6.45) is 0. The van der Waals surface area contributed by atoms with E-state index in [0.29, 0.717) is 20.2 Å². The molecule has 1 aliphatic rings. The summed E-state index contributed by atoms with van der Waals surface area (Å²) < 4.78 is 0. The standard InChI is InChI=1S/C19H44Si4/c1-16(2,3)22(13,17(4,5)6)20-15-21(20)23(14,18(7,8)9)19(10,11)12/h15H2,1-14H3. The van der Waals surface area contributed by atoms with Crippen LogP contribution in [-0.4, -0.2) is 30.8 Å². The minimum Gasteiger partial charge on any atom is -0.0732 e. The lowest BCUT2D eigenvalue weighted by molar-refractivity contribution is 0.634. The highest BCUT2D eigenvalue weighted by molar-refractivity contribution is 7.84. The molecular weight excluding hydrogens is 341 g/mol. The van der Waals surface area contributed by atoms with Crippen molar-refractivity contribution in [3.05, 3.63) is 0 Å². The normalized spacial score (nSPS) is 20.1. The SMILES string of the molecule is CC(C)(C)[Si](C)([Si]1C[Si]1[Si](C)(C(C)(C)C)C(C)(C)C)C(C)(C)C. The van der Waals surface area contributed by atoms with Crippen LogP contribution in [0, 0.1) is 0 Å². The van der Waals surface area contributed by atoms with E-state index in [0.717, 1.165) is 0 Å². The van der Waals surface area contributed by atoms with Crippen LogP contribution in [0.15, 0.2) is 0 Å². The third-order valence-corrected chi connectivity index (χ3v) is 63.1. The average molecular weight is 385 g/mol. The molecule has 0 spiro atoms. The third-order valence-electron chi connectivity index (χ3n) is 7.80. The minimum atomic E-state index is -1.27. The zero-order chi connectivity index (χ0) is 18.9. The van der Waals surface area contributed by atoms with Gasteiger partial charge in [-0.25, -0.2) is 0 Å². The first-order valence-electron chi connectivity index (χ1n) is 9.46. The Balaban J connectivity index is 3.37. The summed E-state index contributed by atoms with van der Waals surface area (Å²) in [6, 6.07) is 0. The molecule has 0 nitrogen and oxygen atoms in total. The van der Waals surface area contributed by atoms with Gasteiger partial charge in [-0.2, -0.15) is 0 Å². The summed E-state index contributed by atoms with van der Waals surface area (Å²) in [5, 5.41) is 2.21. The van der Waals surface area contributed by atoms with Crippen LogP contribution >= 0.6 is 0 Å². The van der Waals surface area contributed by atoms with Crippen molar-refractivity contribution in [2.45, 2.75) is 122 Å². The van der Waals surface area contributed by atoms with Gasteiger partial charge in [0, 0.05) is 30.8 Å². The zero-order valence-electron chi connectivity index (χ0n) is 18.7. The second-order valence-electron chi connectivity index (χ2n) is 12.4. The maximum atomic E-state index is 2.80. The van der Waals surface area contributed by atoms with Gasteiger partial charge in [-0.15, -0.1) is 0 Å². The quantitative estimate of drug-likeness (QED) is 0.444. The Morgan fingerprint density at radius 3 is 0.783 bits per heavy atom. The van der Waals surface area contributed by atoms with Gasteiger partial charge in [0.1, 0.15) is 0 Å². The van der Waals surface area contributed by atoms with Crippen molar-refractivity contribution in [1.82, 2.24) is 0 Å². The molecular formula is C19H44Si4. The Bertz CT molecular complexity index is 370. The van der Waals surface area contributed by atoms with E-state index in [1.54, 1.807) is 5.67 Å². The fraction of sp³-hybridized carbons (Fsp3) is 1.00. The molecule has 136 valence electrons. The highest BCUT2D eigenvalue weighted by Crippen LogP contribution is 2.62. The first-order chi connectivity index (χ1) is 9.73. The lowest BCUT2D eigenvalue weighted by Gasteiger charge is -2.54. The van der Waals surface area contributed by atoms with Crippen molar-refractivity contribution in [2.75, 3.05) is 0 Å². The van der Waals surface area contributed by atoms with Crippen LogP contribution in [-0.2, 0) is 0 Å². The van der Waals surface area contributed by atoms with Crippen LogP contribution in [0.3, 0.4) is 0 Å². The van der Waals surface area contributed by atoms with Crippen molar-refractivity contribution in [2.24, 2.45) is 0 Å². The van der Waals surface area contributed by atoms with E-state index in [2.05, 4.69) is 96.2 Å². The smallest absolute Gasteiger partial charge is 0.0490 e. The van der Waals surface area contributed by atoms with Gasteiger partial charge in [0.2, 0.25) is 0 Å². The molecule has 1 rings (SSSR count). The van der Waals surface area contributed by atoms with Gasteiger partial charge in [0.15, 0.2) is 0 Å². The lowest BCUT2D eigenvalue weighted by Crippen LogP contribution is -2.64. The molecule has 0 bridgehead atoms. The molecule has 0 atom stereocenters. The molecule has 0 amide bonds. The van der Waals surface area contributed by atoms with Crippen LogP contribution in [0.5, 0.6) is 0 Å². The van der Waals surface area contributed by atoms with Crippen molar-refractivity contribution >= 4 is 30.8 Å². The van der Waals surface area contributed by atoms with E-state index < -0.39 is 15.2 Å². The molecule has 0 N–H and O–H groups in total. The van der Waals surface area contributed by atoms with Gasteiger partial charge >= 0.3 is 0 Å². The summed E-state index contributed by atoms with van der Waals surface area (Å²) in [7, 11) is -2.72. The molecule has 0 aromatic carbocycles. The van der Waals surface area contributed by atoms with E-state index in [1.165, 1.54) is 0 Å². The van der Waals surface area contributed by atoms with Crippen LogP contribution in [0.25, 0.3) is 0 Å². The van der Waals surface area contributed by atoms with E-state index in [4.69, 9.17) is 0 Å². The van der Waals surface area contributed by atoms with Crippen LogP contribution in [0.1, 0.15) is 83.1 Å². The van der Waals surface area contributed by atoms with E-state index in [9.17, 15) is 0 Å². The maximum absolute atomic E-state index is 2.80. The van der Waals surface area contributed by atoms with Gasteiger partial charge in [-0.1, -0.05) is 102 Å². The summed E-state index contributed by atoms with van der Waals surface area (Å²) >= 11 is 0. The second kappa shape index (κ2) is 5.68. The van der Waals surface area contributed by atoms with Gasteiger partial charge in [-0.05, 0) is 20.2 Å². The van der Waals surface area contributed by atoms with Crippen molar-refractivity contribution < 1.29 is 0 Å². The van der Waals surface area contributed by atoms with Gasteiger partial charge < -0.3 is 0 Å². The fourth-order valence-corrected chi connectivity index (χ4v) is 86.6. The molecule has 0 saturated carbocycles. The van der Waals surface area contributed by atoms with E-state index >= 15 is 0 Å². The number of rotatable bonds is 2. The first kappa shape index (κ1) is 21.9. The van der Waals surface area contributed by atoms with Gasteiger partial charge in [0.05, 0.1) is 0 Å². The minimum absolute atomic E-state index is 0.0936. The van der Waals surface area contributed by atoms with Crippen molar-refractivity contribution in [3.8, 4) is 0 Å². The molecule has 1 heterocycles. The molecule has 1 saturated heterocycles. The molecule has 0 unspecified atom stereocenters. The molecule has 4 heteroatoms. The topological polar surface area (TPSA) is 0 Å². The molecule has 0 aromatic heterocycles. The summed E-state index contributed by atoms with van der Waals surface area (Å²) in [6.45, 7) is 36.5. The number of hydrogen-bond acceptors (Lipinski definition) is 0. The Morgan fingerprint density at radius 2 is 0.652 bits per heavy atom. The second-order valence-corrected chi connectivity index (χ2v) is 42.5. The monoisotopic (exact) mass is 384 g/mol. The molecule has 0 aliphatic carbocycles. The lowest BCUT2D eigenvalue weighted by atomic mass is 10.2. The fourth-order valence-electron chi connectivity index (χ4n) is 5.15. The summed E-state index contributed by atoms with van der Waals surface area (Å²) in [4.78, 5) is 0. The Hall–Kier alpha value is 0.868. The average Bonchev–Trinajstić information content (AvgIpc) is 3.00. The molecule has 23 heavy (non-hydrogen) atoms. The van der Waals surface area contributed by atoms with Crippen LogP contribution in [0.4, 0.5) is 0 Å². The highest BCUT2D eigenvalue weighted by Gasteiger charge is 2.70. The molecule has 2 radical (unpaired) electrons. The largest absolute Gasteiger partial charge is 0.0732 e. The van der Waals surface area contributed by atoms with Crippen LogP contribution in [0.2, 0.25) is 38.9 Å². The van der Waals surface area contributed by atoms with Crippen molar-refractivity contribution in [1.29, 1.82) is 0 Å². The van der Waals surface area contributed by atoms with Crippen LogP contribution < -0.4 is 0 Å². The summed E-state index contributed by atoms with van der Waals surface area (Å²) in [5.74, 6) is 0. The zero-order valence-corrected chi connectivity index (χ0v) is 22.7. The van der Waals surface area contributed by atoms with E-state index in [1.807, 2.05) is 0 Å². The van der Waals surface area contributed by atoms with E-state index in [-0.39, 0.29) is 15.7 Å². The Labute approximate surface area is 152 Å². The molecule has 1 aliphatic heterocycles. The van der Waals surface area contributed by atoms with Gasteiger partial charge in [0.25, 0.3) is 0 Å². The predicted molar refractivity (Wildman–Crippen MR) is 118 cm³/mol. The molecule has 0 aromatic rings. The molecule has 1 fully saturated rings. The highest BCUT2D eigenvalue weighted by atomic mass is 29.8. The van der Waals surface area contributed by atoms with Crippen molar-refractivity contribution in [3.63, 3.8) is 0 Å². The number of hydrogen-bond donors (Lipinski definition) is 0. The van der Waals surface area contributed by atoms with Gasteiger partial charge in [-0.3, -0.25) is 0 Å². The maximum Gasteiger partial charge on any atom is 0.0490 e. The Morgan fingerprint density at radius 1 is 0.478 bits per heavy atom. The third kappa shape index (κ3) is 3.31. The first-order valence-corrected chi connectivity index (χ1v) is 20.9. The Kier molecular flexibility index (Phi) is 5.41. The summed E-state index contributed by atoms with van der Waals surface area (Å²) in [5.41, 5.74) is 1.73.